The van der Waals surface area contributed by atoms with Crippen LogP contribution in [0.3, 0.4) is 0 Å². The summed E-state index contributed by atoms with van der Waals surface area (Å²) in [7, 11) is 1.91. The summed E-state index contributed by atoms with van der Waals surface area (Å²) in [4.78, 5) is 12.3. The molecule has 19 heavy (non-hydrogen) atoms. The molecule has 1 fully saturated rings. The molecule has 1 saturated heterocycles. The standard InChI is InChI=1S/C15H22N2O2/c1-11(16-3)12-7-4-5-8-13(12)17-14(18)15(2)9-6-10-19-15/h4-5,7-8,11,16H,6,9-10H2,1-3H3,(H,17,18). The number of rotatable bonds is 4. The normalized spacial score (nSPS) is 24.2. The molecule has 1 heterocycles. The van der Waals surface area contributed by atoms with Crippen molar-refractivity contribution >= 4 is 11.6 Å². The highest BCUT2D eigenvalue weighted by atomic mass is 16.5. The van der Waals surface area contributed by atoms with Gasteiger partial charge in [-0.15, -0.1) is 0 Å². The first-order valence-corrected chi connectivity index (χ1v) is 6.78. The molecular formula is C15H22N2O2. The van der Waals surface area contributed by atoms with Gasteiger partial charge in [0.05, 0.1) is 0 Å². The number of anilines is 1. The van der Waals surface area contributed by atoms with E-state index in [4.69, 9.17) is 4.74 Å². The van der Waals surface area contributed by atoms with E-state index in [9.17, 15) is 4.79 Å². The monoisotopic (exact) mass is 262 g/mol. The summed E-state index contributed by atoms with van der Waals surface area (Å²) in [6.45, 7) is 4.59. The Labute approximate surface area is 114 Å². The van der Waals surface area contributed by atoms with E-state index < -0.39 is 5.60 Å². The van der Waals surface area contributed by atoms with Crippen molar-refractivity contribution in [3.8, 4) is 0 Å². The third-order valence-corrected chi connectivity index (χ3v) is 3.81. The summed E-state index contributed by atoms with van der Waals surface area (Å²) in [5, 5.41) is 6.20. The fraction of sp³-hybridized carbons (Fsp3) is 0.533. The van der Waals surface area contributed by atoms with Gasteiger partial charge in [0, 0.05) is 18.3 Å². The Kier molecular flexibility index (Phi) is 4.22. The Morgan fingerprint density at radius 2 is 2.16 bits per heavy atom. The zero-order valence-electron chi connectivity index (χ0n) is 11.8. The molecule has 2 N–H and O–H groups in total. The summed E-state index contributed by atoms with van der Waals surface area (Å²) < 4.78 is 5.57. The minimum absolute atomic E-state index is 0.0549. The number of para-hydroxylation sites is 1. The number of benzene rings is 1. The van der Waals surface area contributed by atoms with Crippen molar-refractivity contribution in [2.45, 2.75) is 38.3 Å². The molecule has 0 spiro atoms. The fourth-order valence-electron chi connectivity index (χ4n) is 2.36. The first-order chi connectivity index (χ1) is 9.07. The molecule has 4 heteroatoms. The largest absolute Gasteiger partial charge is 0.365 e. The third kappa shape index (κ3) is 2.96. The van der Waals surface area contributed by atoms with E-state index in [1.54, 1.807) is 0 Å². The lowest BCUT2D eigenvalue weighted by molar-refractivity contribution is -0.133. The SMILES string of the molecule is CNC(C)c1ccccc1NC(=O)C1(C)CCCO1. The number of hydrogen-bond acceptors (Lipinski definition) is 3. The molecular weight excluding hydrogens is 240 g/mol. The van der Waals surface area contributed by atoms with Crippen LogP contribution in [0.25, 0.3) is 0 Å². The lowest BCUT2D eigenvalue weighted by Crippen LogP contribution is -2.39. The van der Waals surface area contributed by atoms with Gasteiger partial charge < -0.3 is 15.4 Å². The maximum absolute atomic E-state index is 12.3. The lowest BCUT2D eigenvalue weighted by Gasteiger charge is -2.24. The smallest absolute Gasteiger partial charge is 0.256 e. The molecule has 104 valence electrons. The van der Waals surface area contributed by atoms with Crippen LogP contribution >= 0.6 is 0 Å². The Hall–Kier alpha value is -1.39. The number of ether oxygens (including phenoxy) is 1. The van der Waals surface area contributed by atoms with Gasteiger partial charge in [-0.1, -0.05) is 18.2 Å². The van der Waals surface area contributed by atoms with Crippen molar-refractivity contribution in [3.63, 3.8) is 0 Å². The van der Waals surface area contributed by atoms with Gasteiger partial charge in [0.25, 0.3) is 5.91 Å². The zero-order chi connectivity index (χ0) is 13.9. The first kappa shape index (κ1) is 14.0. The molecule has 0 saturated carbocycles. The van der Waals surface area contributed by atoms with Crippen LogP contribution in [0.1, 0.15) is 38.3 Å². The highest BCUT2D eigenvalue weighted by molar-refractivity contribution is 5.97. The van der Waals surface area contributed by atoms with Crippen molar-refractivity contribution in [3.05, 3.63) is 29.8 Å². The molecule has 1 amide bonds. The molecule has 2 rings (SSSR count). The molecule has 2 atom stereocenters. The van der Waals surface area contributed by atoms with Gasteiger partial charge in [0.1, 0.15) is 5.60 Å². The molecule has 0 aliphatic carbocycles. The summed E-state index contributed by atoms with van der Waals surface area (Å²) in [5.41, 5.74) is 1.25. The molecule has 1 aliphatic heterocycles. The predicted octanol–water partition coefficient (Wildman–Crippen LogP) is 2.47. The van der Waals surface area contributed by atoms with Crippen molar-refractivity contribution < 1.29 is 9.53 Å². The first-order valence-electron chi connectivity index (χ1n) is 6.78. The second kappa shape index (κ2) is 5.72. The van der Waals surface area contributed by atoms with Crippen LogP contribution in [0.5, 0.6) is 0 Å². The highest BCUT2D eigenvalue weighted by Gasteiger charge is 2.37. The van der Waals surface area contributed by atoms with E-state index in [-0.39, 0.29) is 11.9 Å². The maximum Gasteiger partial charge on any atom is 0.256 e. The molecule has 1 aromatic carbocycles. The van der Waals surface area contributed by atoms with Crippen LogP contribution < -0.4 is 10.6 Å². The van der Waals surface area contributed by atoms with Crippen LogP contribution in [0.4, 0.5) is 5.69 Å². The lowest BCUT2D eigenvalue weighted by atomic mass is 10.0. The molecule has 2 unspecified atom stereocenters. The molecule has 1 aromatic rings. The summed E-state index contributed by atoms with van der Waals surface area (Å²) in [5.74, 6) is -0.0549. The Morgan fingerprint density at radius 1 is 1.42 bits per heavy atom. The van der Waals surface area contributed by atoms with Crippen LogP contribution in [0.15, 0.2) is 24.3 Å². The maximum atomic E-state index is 12.3. The van der Waals surface area contributed by atoms with Crippen molar-refractivity contribution in [2.75, 3.05) is 19.0 Å². The van der Waals surface area contributed by atoms with Crippen molar-refractivity contribution in [1.82, 2.24) is 5.32 Å². The average molecular weight is 262 g/mol. The molecule has 0 bridgehead atoms. The summed E-state index contributed by atoms with van der Waals surface area (Å²) in [6.07, 6.45) is 1.72. The summed E-state index contributed by atoms with van der Waals surface area (Å²) in [6, 6.07) is 8.05. The van der Waals surface area contributed by atoms with Gasteiger partial charge in [-0.2, -0.15) is 0 Å². The van der Waals surface area contributed by atoms with Crippen molar-refractivity contribution in [1.29, 1.82) is 0 Å². The van der Waals surface area contributed by atoms with Gasteiger partial charge in [-0.25, -0.2) is 0 Å². The topological polar surface area (TPSA) is 50.4 Å². The number of carbonyl (C=O) groups excluding carboxylic acids is 1. The van der Waals surface area contributed by atoms with Gasteiger partial charge >= 0.3 is 0 Å². The van der Waals surface area contributed by atoms with Gasteiger partial charge in [-0.05, 0) is 45.4 Å². The third-order valence-electron chi connectivity index (χ3n) is 3.81. The van der Waals surface area contributed by atoms with E-state index >= 15 is 0 Å². The highest BCUT2D eigenvalue weighted by Crippen LogP contribution is 2.28. The molecule has 0 radical (unpaired) electrons. The van der Waals surface area contributed by atoms with Crippen LogP contribution in [-0.2, 0) is 9.53 Å². The fourth-order valence-corrected chi connectivity index (χ4v) is 2.36. The minimum Gasteiger partial charge on any atom is -0.365 e. The zero-order valence-corrected chi connectivity index (χ0v) is 11.8. The summed E-state index contributed by atoms with van der Waals surface area (Å²) >= 11 is 0. The molecule has 0 aromatic heterocycles. The number of carbonyl (C=O) groups is 1. The van der Waals surface area contributed by atoms with E-state index in [2.05, 4.69) is 17.6 Å². The van der Waals surface area contributed by atoms with Gasteiger partial charge in [0.2, 0.25) is 0 Å². The Bertz CT molecular complexity index is 453. The average Bonchev–Trinajstić information content (AvgIpc) is 2.87. The second-order valence-electron chi connectivity index (χ2n) is 5.23. The Balaban J connectivity index is 2.17. The molecule has 4 nitrogen and oxygen atoms in total. The van der Waals surface area contributed by atoms with E-state index in [1.807, 2.05) is 38.2 Å². The quantitative estimate of drug-likeness (QED) is 0.876. The number of nitrogens with one attached hydrogen (secondary N) is 2. The second-order valence-corrected chi connectivity index (χ2v) is 5.23. The van der Waals surface area contributed by atoms with Crippen LogP contribution in [-0.4, -0.2) is 25.2 Å². The van der Waals surface area contributed by atoms with Crippen LogP contribution in [0.2, 0.25) is 0 Å². The number of amides is 1. The minimum atomic E-state index is -0.685. The van der Waals surface area contributed by atoms with Crippen LogP contribution in [0, 0.1) is 0 Å². The van der Waals surface area contributed by atoms with Gasteiger partial charge in [-0.3, -0.25) is 4.79 Å². The predicted molar refractivity (Wildman–Crippen MR) is 76.1 cm³/mol. The van der Waals surface area contributed by atoms with Crippen molar-refractivity contribution in [2.24, 2.45) is 0 Å². The van der Waals surface area contributed by atoms with Gasteiger partial charge in [0.15, 0.2) is 0 Å². The van der Waals surface area contributed by atoms with E-state index in [1.165, 1.54) is 0 Å². The van der Waals surface area contributed by atoms with E-state index in [0.29, 0.717) is 6.61 Å². The number of hydrogen-bond donors (Lipinski definition) is 2. The molecule has 1 aliphatic rings. The Morgan fingerprint density at radius 3 is 2.79 bits per heavy atom. The van der Waals surface area contributed by atoms with E-state index in [0.717, 1.165) is 24.1 Å².